The van der Waals surface area contributed by atoms with Crippen LogP contribution in [-0.2, 0) is 7.05 Å². The van der Waals surface area contributed by atoms with Crippen molar-refractivity contribution in [3.8, 4) is 0 Å². The highest BCUT2D eigenvalue weighted by molar-refractivity contribution is 5.48. The highest BCUT2D eigenvalue weighted by Crippen LogP contribution is 2.24. The Balaban J connectivity index is 2.24. The minimum atomic E-state index is 0.285. The van der Waals surface area contributed by atoms with Gasteiger partial charge in [0.2, 0.25) is 0 Å². The molecule has 3 nitrogen and oxygen atoms in total. The average molecular weight is 243 g/mol. The van der Waals surface area contributed by atoms with Crippen LogP contribution in [0.3, 0.4) is 0 Å². The Bertz CT molecular complexity index is 555. The molecular weight excluding hydrogens is 222 g/mol. The third-order valence-electron chi connectivity index (χ3n) is 3.29. The summed E-state index contributed by atoms with van der Waals surface area (Å²) in [5.41, 5.74) is 6.10. The Morgan fingerprint density at radius 3 is 2.56 bits per heavy atom. The van der Waals surface area contributed by atoms with E-state index in [2.05, 4.69) is 49.4 Å². The van der Waals surface area contributed by atoms with Gasteiger partial charge in [-0.3, -0.25) is 4.68 Å². The lowest BCUT2D eigenvalue weighted by Gasteiger charge is -2.17. The topological polar surface area (TPSA) is 29.9 Å². The smallest absolute Gasteiger partial charge is 0.0825 e. The summed E-state index contributed by atoms with van der Waals surface area (Å²) >= 11 is 0. The monoisotopic (exact) mass is 243 g/mol. The van der Waals surface area contributed by atoms with Crippen LogP contribution in [0.25, 0.3) is 0 Å². The van der Waals surface area contributed by atoms with E-state index in [-0.39, 0.29) is 6.04 Å². The maximum absolute atomic E-state index is 4.35. The highest BCUT2D eigenvalue weighted by atomic mass is 15.3. The number of aromatic nitrogens is 2. The number of benzene rings is 1. The highest BCUT2D eigenvalue weighted by Gasteiger charge is 2.11. The molecule has 1 heterocycles. The van der Waals surface area contributed by atoms with Crippen LogP contribution in [0.2, 0.25) is 0 Å². The fourth-order valence-electron chi connectivity index (χ4n) is 2.28. The van der Waals surface area contributed by atoms with Gasteiger partial charge < -0.3 is 5.32 Å². The van der Waals surface area contributed by atoms with Crippen molar-refractivity contribution in [3.05, 3.63) is 46.8 Å². The molecule has 0 bridgehead atoms. The van der Waals surface area contributed by atoms with Gasteiger partial charge in [-0.05, 0) is 38.8 Å². The second kappa shape index (κ2) is 4.84. The molecule has 3 heteroatoms. The summed E-state index contributed by atoms with van der Waals surface area (Å²) in [6.07, 6.45) is 2.02. The van der Waals surface area contributed by atoms with E-state index in [1.807, 2.05) is 24.9 Å². The van der Waals surface area contributed by atoms with Crippen molar-refractivity contribution in [3.63, 3.8) is 0 Å². The maximum atomic E-state index is 4.35. The zero-order valence-corrected chi connectivity index (χ0v) is 11.8. The van der Waals surface area contributed by atoms with E-state index in [1.165, 1.54) is 16.7 Å². The van der Waals surface area contributed by atoms with Crippen LogP contribution in [0.1, 0.15) is 35.3 Å². The van der Waals surface area contributed by atoms with Gasteiger partial charge >= 0.3 is 0 Å². The minimum Gasteiger partial charge on any atom is -0.376 e. The summed E-state index contributed by atoms with van der Waals surface area (Å²) < 4.78 is 1.84. The number of anilines is 1. The second-order valence-corrected chi connectivity index (χ2v) is 5.03. The number of rotatable bonds is 3. The molecule has 18 heavy (non-hydrogen) atoms. The standard InChI is InChI=1S/C15H21N3/c1-10-6-7-11(2)14(8-10)12(3)16-15-9-18(5)17-13(15)4/h6-9,12,16H,1-5H3. The first-order chi connectivity index (χ1) is 8.47. The molecule has 0 aliphatic rings. The van der Waals surface area contributed by atoms with Crippen LogP contribution >= 0.6 is 0 Å². The Labute approximate surface area is 109 Å². The molecule has 0 amide bonds. The predicted molar refractivity (Wildman–Crippen MR) is 75.9 cm³/mol. The number of hydrogen-bond acceptors (Lipinski definition) is 2. The first kappa shape index (κ1) is 12.7. The summed E-state index contributed by atoms with van der Waals surface area (Å²) in [5, 5.41) is 7.88. The quantitative estimate of drug-likeness (QED) is 0.894. The molecule has 0 aliphatic heterocycles. The number of nitrogens with one attached hydrogen (secondary N) is 1. The molecule has 1 unspecified atom stereocenters. The first-order valence-electron chi connectivity index (χ1n) is 6.31. The van der Waals surface area contributed by atoms with Crippen LogP contribution < -0.4 is 5.32 Å². The van der Waals surface area contributed by atoms with Crippen molar-refractivity contribution in [1.82, 2.24) is 9.78 Å². The van der Waals surface area contributed by atoms with Crippen LogP contribution in [0, 0.1) is 20.8 Å². The summed E-state index contributed by atoms with van der Waals surface area (Å²) in [6.45, 7) is 8.50. The van der Waals surface area contributed by atoms with Crippen LogP contribution in [0.4, 0.5) is 5.69 Å². The molecule has 1 N–H and O–H groups in total. The Hall–Kier alpha value is -1.77. The largest absolute Gasteiger partial charge is 0.376 e. The zero-order chi connectivity index (χ0) is 13.3. The van der Waals surface area contributed by atoms with Crippen molar-refractivity contribution in [1.29, 1.82) is 0 Å². The van der Waals surface area contributed by atoms with E-state index in [0.29, 0.717) is 0 Å². The molecule has 96 valence electrons. The van der Waals surface area contributed by atoms with Gasteiger partial charge in [-0.2, -0.15) is 5.10 Å². The molecule has 0 saturated heterocycles. The molecule has 0 saturated carbocycles. The third-order valence-corrected chi connectivity index (χ3v) is 3.29. The van der Waals surface area contributed by atoms with Gasteiger partial charge in [0.05, 0.1) is 11.4 Å². The number of nitrogens with zero attached hydrogens (tertiary/aromatic N) is 2. The molecule has 1 atom stereocenters. The van der Waals surface area contributed by atoms with E-state index >= 15 is 0 Å². The Kier molecular flexibility index (Phi) is 3.41. The van der Waals surface area contributed by atoms with Gasteiger partial charge in [0.25, 0.3) is 0 Å². The number of aryl methyl sites for hydroxylation is 4. The van der Waals surface area contributed by atoms with E-state index in [4.69, 9.17) is 0 Å². The molecule has 1 aromatic heterocycles. The van der Waals surface area contributed by atoms with Gasteiger partial charge in [-0.25, -0.2) is 0 Å². The SMILES string of the molecule is Cc1ccc(C)c(C(C)Nc2cn(C)nc2C)c1. The molecule has 0 aliphatic carbocycles. The zero-order valence-electron chi connectivity index (χ0n) is 11.8. The summed E-state index contributed by atoms with van der Waals surface area (Å²) in [6, 6.07) is 6.87. The molecule has 2 rings (SSSR count). The van der Waals surface area contributed by atoms with E-state index in [9.17, 15) is 0 Å². The van der Waals surface area contributed by atoms with Gasteiger partial charge in [0.15, 0.2) is 0 Å². The first-order valence-corrected chi connectivity index (χ1v) is 6.31. The maximum Gasteiger partial charge on any atom is 0.0825 e. The summed E-state index contributed by atoms with van der Waals surface area (Å²) in [5.74, 6) is 0. The lowest BCUT2D eigenvalue weighted by molar-refractivity contribution is 0.756. The second-order valence-electron chi connectivity index (χ2n) is 5.03. The summed E-state index contributed by atoms with van der Waals surface area (Å²) in [7, 11) is 1.95. The Morgan fingerprint density at radius 1 is 1.22 bits per heavy atom. The minimum absolute atomic E-state index is 0.285. The van der Waals surface area contributed by atoms with Gasteiger partial charge in [-0.1, -0.05) is 23.8 Å². The van der Waals surface area contributed by atoms with E-state index in [0.717, 1.165) is 11.4 Å². The van der Waals surface area contributed by atoms with Crippen molar-refractivity contribution >= 4 is 5.69 Å². The molecular formula is C15H21N3. The van der Waals surface area contributed by atoms with Crippen LogP contribution in [-0.4, -0.2) is 9.78 Å². The van der Waals surface area contributed by atoms with Crippen LogP contribution in [0.5, 0.6) is 0 Å². The van der Waals surface area contributed by atoms with Crippen molar-refractivity contribution in [2.75, 3.05) is 5.32 Å². The van der Waals surface area contributed by atoms with Gasteiger partial charge in [0.1, 0.15) is 0 Å². The van der Waals surface area contributed by atoms with Crippen molar-refractivity contribution < 1.29 is 0 Å². The molecule has 0 fully saturated rings. The Morgan fingerprint density at radius 2 is 1.94 bits per heavy atom. The lowest BCUT2D eigenvalue weighted by atomic mass is 10.00. The molecule has 0 spiro atoms. The van der Waals surface area contributed by atoms with Gasteiger partial charge in [-0.15, -0.1) is 0 Å². The van der Waals surface area contributed by atoms with E-state index in [1.54, 1.807) is 0 Å². The lowest BCUT2D eigenvalue weighted by Crippen LogP contribution is -2.08. The van der Waals surface area contributed by atoms with E-state index < -0.39 is 0 Å². The molecule has 1 aromatic carbocycles. The molecule has 0 radical (unpaired) electrons. The van der Waals surface area contributed by atoms with Crippen molar-refractivity contribution in [2.24, 2.45) is 7.05 Å². The fraction of sp³-hybridized carbons (Fsp3) is 0.400. The number of hydrogen-bond donors (Lipinski definition) is 1. The summed E-state index contributed by atoms with van der Waals surface area (Å²) in [4.78, 5) is 0. The van der Waals surface area contributed by atoms with Crippen LogP contribution in [0.15, 0.2) is 24.4 Å². The fourth-order valence-corrected chi connectivity index (χ4v) is 2.28. The average Bonchev–Trinajstić information content (AvgIpc) is 2.61. The normalized spacial score (nSPS) is 12.5. The van der Waals surface area contributed by atoms with Crippen molar-refractivity contribution in [2.45, 2.75) is 33.7 Å². The predicted octanol–water partition coefficient (Wildman–Crippen LogP) is 3.52. The van der Waals surface area contributed by atoms with Gasteiger partial charge in [0, 0.05) is 19.3 Å². The molecule has 2 aromatic rings. The third kappa shape index (κ3) is 2.55.